The minimum atomic E-state index is -0.205. The van der Waals surface area contributed by atoms with Crippen LogP contribution in [-0.2, 0) is 9.53 Å². The largest absolute Gasteiger partial charge is 0.496 e. The molecular formula is C27H29N7O4. The third-order valence-electron chi connectivity index (χ3n) is 6.12. The smallest absolute Gasteiger partial charge is 0.320 e. The van der Waals surface area contributed by atoms with E-state index >= 15 is 0 Å². The summed E-state index contributed by atoms with van der Waals surface area (Å²) in [7, 11) is 1.61. The van der Waals surface area contributed by atoms with Crippen LogP contribution in [0, 0.1) is 0 Å². The van der Waals surface area contributed by atoms with Crippen molar-refractivity contribution in [3.63, 3.8) is 0 Å². The van der Waals surface area contributed by atoms with Crippen molar-refractivity contribution in [2.75, 3.05) is 56.7 Å². The first-order valence-corrected chi connectivity index (χ1v) is 12.4. The summed E-state index contributed by atoms with van der Waals surface area (Å²) in [6.45, 7) is 5.24. The zero-order valence-corrected chi connectivity index (χ0v) is 21.3. The number of benzene rings is 2. The van der Waals surface area contributed by atoms with E-state index in [0.717, 1.165) is 16.8 Å². The maximum absolute atomic E-state index is 11.9. The van der Waals surface area contributed by atoms with Gasteiger partial charge in [0.1, 0.15) is 5.75 Å². The Kier molecular flexibility index (Phi) is 7.74. The van der Waals surface area contributed by atoms with Crippen LogP contribution in [0.2, 0.25) is 0 Å². The van der Waals surface area contributed by atoms with Crippen molar-refractivity contribution in [1.29, 1.82) is 0 Å². The van der Waals surface area contributed by atoms with E-state index in [-0.39, 0.29) is 12.5 Å². The van der Waals surface area contributed by atoms with E-state index in [1.165, 1.54) is 6.39 Å². The summed E-state index contributed by atoms with van der Waals surface area (Å²) >= 11 is 0. The maximum Gasteiger partial charge on any atom is 0.320 e. The Labute approximate surface area is 220 Å². The Balaban J connectivity index is 1.39. The molecule has 0 radical (unpaired) electrons. The third kappa shape index (κ3) is 5.89. The summed E-state index contributed by atoms with van der Waals surface area (Å²) in [4.78, 5) is 34.3. The third-order valence-corrected chi connectivity index (χ3v) is 6.12. The summed E-state index contributed by atoms with van der Waals surface area (Å²) in [5.74, 6) is 2.59. The van der Waals surface area contributed by atoms with E-state index < -0.39 is 0 Å². The average molecular weight is 516 g/mol. The molecular weight excluding hydrogens is 486 g/mol. The molecule has 0 aliphatic carbocycles. The number of hydrogen-bond donors (Lipinski definition) is 1. The van der Waals surface area contributed by atoms with Gasteiger partial charge >= 0.3 is 5.97 Å². The molecule has 0 unspecified atom stereocenters. The normalized spacial score (nSPS) is 13.8. The number of carbonyl (C=O) groups excluding carboxylic acids is 1. The quantitative estimate of drug-likeness (QED) is 0.329. The van der Waals surface area contributed by atoms with Gasteiger partial charge in [0, 0.05) is 43.5 Å². The molecule has 2 aromatic heterocycles. The molecule has 38 heavy (non-hydrogen) atoms. The van der Waals surface area contributed by atoms with Gasteiger partial charge < -0.3 is 24.1 Å². The molecule has 0 saturated carbocycles. The summed E-state index contributed by atoms with van der Waals surface area (Å²) in [5, 5.41) is 3.30. The van der Waals surface area contributed by atoms with Gasteiger partial charge in [0.05, 0.1) is 32.0 Å². The van der Waals surface area contributed by atoms with Gasteiger partial charge in [-0.3, -0.25) is 9.69 Å². The molecule has 1 N–H and O–H groups in total. The maximum atomic E-state index is 11.9. The highest BCUT2D eigenvalue weighted by Crippen LogP contribution is 2.33. The fourth-order valence-corrected chi connectivity index (χ4v) is 4.22. The van der Waals surface area contributed by atoms with E-state index in [1.807, 2.05) is 55.5 Å². The predicted octanol–water partition coefficient (Wildman–Crippen LogP) is 3.63. The molecule has 1 aliphatic rings. The molecule has 11 nitrogen and oxygen atoms in total. The fraction of sp³-hybridized carbons (Fsp3) is 0.296. The van der Waals surface area contributed by atoms with Crippen LogP contribution in [0.3, 0.4) is 0 Å². The number of methoxy groups -OCH3 is 1. The molecule has 196 valence electrons. The number of esters is 1. The minimum absolute atomic E-state index is 0.205. The fourth-order valence-electron chi connectivity index (χ4n) is 4.22. The van der Waals surface area contributed by atoms with Crippen LogP contribution >= 0.6 is 0 Å². The summed E-state index contributed by atoms with van der Waals surface area (Å²) in [6, 6.07) is 15.4. The van der Waals surface area contributed by atoms with Gasteiger partial charge in [0.2, 0.25) is 11.9 Å². The topological polar surface area (TPSA) is 119 Å². The Morgan fingerprint density at radius 3 is 2.58 bits per heavy atom. The standard InChI is InChI=1S/C27H29N7O4/c1-3-37-24(35)17-33-11-13-34(14-12-33)27-31-25(19-7-5-4-6-8-19)30-26(32-27)29-20-9-10-21(22(15-20)36-2)23-16-28-18-38-23/h4-10,15-16,18H,3,11-14,17H2,1-2H3,(H,29,30,31,32). The van der Waals surface area contributed by atoms with Crippen molar-refractivity contribution in [3.05, 3.63) is 61.1 Å². The Hall–Kier alpha value is -4.51. The van der Waals surface area contributed by atoms with Crippen molar-refractivity contribution < 1.29 is 18.7 Å². The van der Waals surface area contributed by atoms with E-state index in [4.69, 9.17) is 28.8 Å². The van der Waals surface area contributed by atoms with Crippen molar-refractivity contribution >= 4 is 23.6 Å². The molecule has 11 heteroatoms. The van der Waals surface area contributed by atoms with Gasteiger partial charge in [0.15, 0.2) is 18.0 Å². The van der Waals surface area contributed by atoms with Crippen LogP contribution in [0.1, 0.15) is 6.92 Å². The lowest BCUT2D eigenvalue weighted by Crippen LogP contribution is -2.48. The van der Waals surface area contributed by atoms with Crippen molar-refractivity contribution in [3.8, 4) is 28.5 Å². The number of aromatic nitrogens is 4. The molecule has 0 atom stereocenters. The molecule has 1 fully saturated rings. The lowest BCUT2D eigenvalue weighted by Gasteiger charge is -2.34. The van der Waals surface area contributed by atoms with Crippen LogP contribution in [0.5, 0.6) is 5.75 Å². The zero-order valence-electron chi connectivity index (χ0n) is 21.3. The second-order valence-electron chi connectivity index (χ2n) is 8.62. The van der Waals surface area contributed by atoms with Gasteiger partial charge in [-0.05, 0) is 19.1 Å². The second-order valence-corrected chi connectivity index (χ2v) is 8.62. The molecule has 3 heterocycles. The monoisotopic (exact) mass is 515 g/mol. The summed E-state index contributed by atoms with van der Waals surface area (Å²) in [5.41, 5.74) is 2.43. The van der Waals surface area contributed by atoms with Crippen LogP contribution in [0.4, 0.5) is 17.6 Å². The molecule has 0 amide bonds. The van der Waals surface area contributed by atoms with Crippen LogP contribution < -0.4 is 15.0 Å². The number of piperazine rings is 1. The van der Waals surface area contributed by atoms with Gasteiger partial charge in [0.25, 0.3) is 0 Å². The van der Waals surface area contributed by atoms with Gasteiger partial charge in [-0.15, -0.1) is 0 Å². The predicted molar refractivity (Wildman–Crippen MR) is 142 cm³/mol. The highest BCUT2D eigenvalue weighted by atomic mass is 16.5. The first kappa shape index (κ1) is 25.2. The molecule has 2 aromatic carbocycles. The van der Waals surface area contributed by atoms with Crippen molar-refractivity contribution in [2.45, 2.75) is 6.92 Å². The highest BCUT2D eigenvalue weighted by molar-refractivity contribution is 5.72. The SMILES string of the molecule is CCOC(=O)CN1CCN(c2nc(Nc3ccc(-c4cnco4)c(OC)c3)nc(-c3ccccc3)n2)CC1. The van der Waals surface area contributed by atoms with E-state index in [2.05, 4.69) is 20.1 Å². The minimum Gasteiger partial charge on any atom is -0.496 e. The van der Waals surface area contributed by atoms with Crippen molar-refractivity contribution in [2.24, 2.45) is 0 Å². The number of ether oxygens (including phenoxy) is 2. The lowest BCUT2D eigenvalue weighted by molar-refractivity contribution is -0.144. The highest BCUT2D eigenvalue weighted by Gasteiger charge is 2.23. The second kappa shape index (κ2) is 11.7. The molecule has 4 aromatic rings. The number of nitrogens with one attached hydrogen (secondary N) is 1. The van der Waals surface area contributed by atoms with Crippen LogP contribution in [0.15, 0.2) is 65.5 Å². The number of nitrogens with zero attached hydrogens (tertiary/aromatic N) is 6. The van der Waals surface area contributed by atoms with Crippen molar-refractivity contribution in [1.82, 2.24) is 24.8 Å². The first-order chi connectivity index (χ1) is 18.6. The Morgan fingerprint density at radius 2 is 1.87 bits per heavy atom. The van der Waals surface area contributed by atoms with Gasteiger partial charge in [-0.25, -0.2) is 4.98 Å². The number of hydrogen-bond acceptors (Lipinski definition) is 11. The Morgan fingerprint density at radius 1 is 1.05 bits per heavy atom. The number of oxazole rings is 1. The molecule has 1 saturated heterocycles. The lowest BCUT2D eigenvalue weighted by atomic mass is 10.1. The summed E-state index contributed by atoms with van der Waals surface area (Å²) in [6.07, 6.45) is 3.02. The van der Waals surface area contributed by atoms with E-state index in [1.54, 1.807) is 13.3 Å². The molecule has 0 spiro atoms. The first-order valence-electron chi connectivity index (χ1n) is 12.4. The van der Waals surface area contributed by atoms with E-state index in [0.29, 0.717) is 62.0 Å². The molecule has 0 bridgehead atoms. The van der Waals surface area contributed by atoms with Gasteiger partial charge in [-0.2, -0.15) is 15.0 Å². The van der Waals surface area contributed by atoms with E-state index in [9.17, 15) is 4.79 Å². The number of rotatable bonds is 9. The van der Waals surface area contributed by atoms with Gasteiger partial charge in [-0.1, -0.05) is 30.3 Å². The van der Waals surface area contributed by atoms with Crippen LogP contribution in [-0.4, -0.2) is 77.2 Å². The summed E-state index contributed by atoms with van der Waals surface area (Å²) < 4.78 is 16.1. The average Bonchev–Trinajstić information content (AvgIpc) is 3.49. The number of anilines is 3. The zero-order chi connectivity index (χ0) is 26.3. The van der Waals surface area contributed by atoms with Crippen LogP contribution in [0.25, 0.3) is 22.7 Å². The molecule has 1 aliphatic heterocycles. The Bertz CT molecular complexity index is 1360. The number of carbonyl (C=O) groups is 1. The molecule has 5 rings (SSSR count).